The SMILES string of the molecule is NCCCCNc1cc(Cl)ccc1Cl. The smallest absolute Gasteiger partial charge is 0.0638 e. The minimum atomic E-state index is 0.690. The van der Waals surface area contributed by atoms with Gasteiger partial charge in [-0.15, -0.1) is 0 Å². The molecule has 1 aromatic rings. The van der Waals surface area contributed by atoms with Gasteiger partial charge in [0.1, 0.15) is 0 Å². The molecule has 3 N–H and O–H groups in total. The standard InChI is InChI=1S/C10H14Cl2N2/c11-8-3-4-9(12)10(7-8)14-6-2-1-5-13/h3-4,7,14H,1-2,5-6,13H2. The van der Waals surface area contributed by atoms with E-state index in [2.05, 4.69) is 5.32 Å². The van der Waals surface area contributed by atoms with Gasteiger partial charge in [-0.1, -0.05) is 23.2 Å². The zero-order valence-corrected chi connectivity index (χ0v) is 9.41. The highest BCUT2D eigenvalue weighted by atomic mass is 35.5. The number of anilines is 1. The molecule has 0 atom stereocenters. The lowest BCUT2D eigenvalue weighted by Crippen LogP contribution is -2.05. The minimum absolute atomic E-state index is 0.690. The Labute approximate surface area is 94.4 Å². The van der Waals surface area contributed by atoms with Crippen molar-refractivity contribution >= 4 is 28.9 Å². The van der Waals surface area contributed by atoms with Gasteiger partial charge >= 0.3 is 0 Å². The summed E-state index contributed by atoms with van der Waals surface area (Å²) in [6.07, 6.45) is 2.06. The second kappa shape index (κ2) is 6.12. The van der Waals surface area contributed by atoms with Gasteiger partial charge in [-0.2, -0.15) is 0 Å². The average Bonchev–Trinajstić information content (AvgIpc) is 2.18. The third-order valence-corrected chi connectivity index (χ3v) is 2.44. The fourth-order valence-electron chi connectivity index (χ4n) is 1.13. The quantitative estimate of drug-likeness (QED) is 0.766. The first-order valence-corrected chi connectivity index (χ1v) is 5.38. The molecular weight excluding hydrogens is 219 g/mol. The van der Waals surface area contributed by atoms with Crippen LogP contribution < -0.4 is 11.1 Å². The van der Waals surface area contributed by atoms with Crippen LogP contribution in [0.3, 0.4) is 0 Å². The predicted molar refractivity (Wildman–Crippen MR) is 63.2 cm³/mol. The van der Waals surface area contributed by atoms with E-state index in [9.17, 15) is 0 Å². The zero-order chi connectivity index (χ0) is 10.4. The van der Waals surface area contributed by atoms with Crippen molar-refractivity contribution in [1.82, 2.24) is 0 Å². The monoisotopic (exact) mass is 232 g/mol. The summed E-state index contributed by atoms with van der Waals surface area (Å²) in [7, 11) is 0. The summed E-state index contributed by atoms with van der Waals surface area (Å²) in [6, 6.07) is 5.39. The van der Waals surface area contributed by atoms with E-state index >= 15 is 0 Å². The molecule has 4 heteroatoms. The molecule has 1 rings (SSSR count). The fraction of sp³-hybridized carbons (Fsp3) is 0.400. The number of rotatable bonds is 5. The van der Waals surface area contributed by atoms with Crippen molar-refractivity contribution in [3.8, 4) is 0 Å². The van der Waals surface area contributed by atoms with E-state index in [-0.39, 0.29) is 0 Å². The van der Waals surface area contributed by atoms with Gasteiger partial charge in [0.2, 0.25) is 0 Å². The summed E-state index contributed by atoms with van der Waals surface area (Å²) in [4.78, 5) is 0. The second-order valence-electron chi connectivity index (χ2n) is 3.05. The van der Waals surface area contributed by atoms with Crippen LogP contribution in [0, 0.1) is 0 Å². The number of hydrogen-bond donors (Lipinski definition) is 2. The average molecular weight is 233 g/mol. The Morgan fingerprint density at radius 3 is 2.71 bits per heavy atom. The third kappa shape index (κ3) is 3.74. The topological polar surface area (TPSA) is 38.0 Å². The first-order chi connectivity index (χ1) is 6.74. The molecule has 0 saturated carbocycles. The number of nitrogens with one attached hydrogen (secondary N) is 1. The molecule has 0 heterocycles. The first-order valence-electron chi connectivity index (χ1n) is 4.63. The van der Waals surface area contributed by atoms with E-state index in [0.717, 1.165) is 31.6 Å². The van der Waals surface area contributed by atoms with Gasteiger partial charge in [0.25, 0.3) is 0 Å². The Morgan fingerprint density at radius 1 is 1.21 bits per heavy atom. The molecule has 0 radical (unpaired) electrons. The van der Waals surface area contributed by atoms with Crippen LogP contribution in [-0.2, 0) is 0 Å². The van der Waals surface area contributed by atoms with E-state index in [1.165, 1.54) is 0 Å². The van der Waals surface area contributed by atoms with Gasteiger partial charge in [0.15, 0.2) is 0 Å². The van der Waals surface area contributed by atoms with Crippen LogP contribution in [0.25, 0.3) is 0 Å². The van der Waals surface area contributed by atoms with Gasteiger partial charge in [-0.3, -0.25) is 0 Å². The van der Waals surface area contributed by atoms with E-state index in [4.69, 9.17) is 28.9 Å². The van der Waals surface area contributed by atoms with Crippen molar-refractivity contribution in [1.29, 1.82) is 0 Å². The summed E-state index contributed by atoms with van der Waals surface area (Å²) >= 11 is 11.8. The largest absolute Gasteiger partial charge is 0.384 e. The maximum Gasteiger partial charge on any atom is 0.0638 e. The molecule has 0 aliphatic heterocycles. The fourth-order valence-corrected chi connectivity index (χ4v) is 1.48. The Bertz CT molecular complexity index is 289. The normalized spacial score (nSPS) is 10.2. The third-order valence-electron chi connectivity index (χ3n) is 1.87. The first kappa shape index (κ1) is 11.6. The molecule has 0 fully saturated rings. The Hall–Kier alpha value is -0.440. The maximum absolute atomic E-state index is 5.96. The lowest BCUT2D eigenvalue weighted by atomic mass is 10.3. The van der Waals surface area contributed by atoms with Crippen molar-refractivity contribution in [2.75, 3.05) is 18.4 Å². The zero-order valence-electron chi connectivity index (χ0n) is 7.89. The molecule has 0 spiro atoms. The van der Waals surface area contributed by atoms with Gasteiger partial charge in [-0.05, 0) is 37.6 Å². The van der Waals surface area contributed by atoms with Crippen molar-refractivity contribution in [2.45, 2.75) is 12.8 Å². The molecule has 0 amide bonds. The van der Waals surface area contributed by atoms with Crippen LogP contribution in [0.5, 0.6) is 0 Å². The van der Waals surface area contributed by atoms with E-state index < -0.39 is 0 Å². The van der Waals surface area contributed by atoms with Gasteiger partial charge in [0.05, 0.1) is 10.7 Å². The highest BCUT2D eigenvalue weighted by Gasteiger charge is 1.99. The van der Waals surface area contributed by atoms with Crippen molar-refractivity contribution < 1.29 is 0 Å². The predicted octanol–water partition coefficient (Wildman–Crippen LogP) is 3.14. The molecule has 14 heavy (non-hydrogen) atoms. The molecule has 0 saturated heterocycles. The lowest BCUT2D eigenvalue weighted by molar-refractivity contribution is 0.774. The van der Waals surface area contributed by atoms with Crippen molar-refractivity contribution in [3.05, 3.63) is 28.2 Å². The van der Waals surface area contributed by atoms with Crippen LogP contribution in [0.15, 0.2) is 18.2 Å². The van der Waals surface area contributed by atoms with Crippen LogP contribution in [-0.4, -0.2) is 13.1 Å². The molecule has 0 aliphatic carbocycles. The highest BCUT2D eigenvalue weighted by Crippen LogP contribution is 2.25. The number of halogens is 2. The van der Waals surface area contributed by atoms with Crippen molar-refractivity contribution in [3.63, 3.8) is 0 Å². The summed E-state index contributed by atoms with van der Waals surface area (Å²) in [5.41, 5.74) is 6.27. The second-order valence-corrected chi connectivity index (χ2v) is 3.89. The number of unbranched alkanes of at least 4 members (excludes halogenated alkanes) is 1. The number of benzene rings is 1. The summed E-state index contributed by atoms with van der Waals surface area (Å²) < 4.78 is 0. The highest BCUT2D eigenvalue weighted by molar-refractivity contribution is 6.35. The Balaban J connectivity index is 2.45. The minimum Gasteiger partial charge on any atom is -0.384 e. The molecule has 0 aliphatic rings. The summed E-state index contributed by atoms with van der Waals surface area (Å²) in [6.45, 7) is 1.60. The van der Waals surface area contributed by atoms with Crippen LogP contribution >= 0.6 is 23.2 Å². The number of nitrogens with two attached hydrogens (primary N) is 1. The van der Waals surface area contributed by atoms with Crippen molar-refractivity contribution in [2.24, 2.45) is 5.73 Å². The molecule has 0 unspecified atom stereocenters. The lowest BCUT2D eigenvalue weighted by Gasteiger charge is -2.07. The van der Waals surface area contributed by atoms with Crippen LogP contribution in [0.2, 0.25) is 10.0 Å². The van der Waals surface area contributed by atoms with Gasteiger partial charge < -0.3 is 11.1 Å². The van der Waals surface area contributed by atoms with E-state index in [0.29, 0.717) is 10.0 Å². The molecule has 0 bridgehead atoms. The molecule has 1 aromatic carbocycles. The molecule has 2 nitrogen and oxygen atoms in total. The summed E-state index contributed by atoms with van der Waals surface area (Å²) in [5, 5.41) is 4.60. The van der Waals surface area contributed by atoms with Gasteiger partial charge in [-0.25, -0.2) is 0 Å². The van der Waals surface area contributed by atoms with Crippen LogP contribution in [0.1, 0.15) is 12.8 Å². The van der Waals surface area contributed by atoms with Gasteiger partial charge in [0, 0.05) is 11.6 Å². The Morgan fingerprint density at radius 2 is 2.00 bits per heavy atom. The van der Waals surface area contributed by atoms with E-state index in [1.807, 2.05) is 6.07 Å². The Kier molecular flexibility index (Phi) is 5.09. The molecule has 78 valence electrons. The summed E-state index contributed by atoms with van der Waals surface area (Å²) in [5.74, 6) is 0. The number of hydrogen-bond acceptors (Lipinski definition) is 2. The van der Waals surface area contributed by atoms with E-state index in [1.54, 1.807) is 12.1 Å². The van der Waals surface area contributed by atoms with Crippen LogP contribution in [0.4, 0.5) is 5.69 Å². The molecule has 0 aromatic heterocycles. The molecular formula is C10H14Cl2N2. The maximum atomic E-state index is 5.96.